The zero-order valence-corrected chi connectivity index (χ0v) is 7.46. The lowest BCUT2D eigenvalue weighted by molar-refractivity contribution is -0.118. The zero-order valence-electron chi connectivity index (χ0n) is 7.46. The first-order chi connectivity index (χ1) is 6.18. The van der Waals surface area contributed by atoms with Gasteiger partial charge in [0.2, 0.25) is 0 Å². The van der Waals surface area contributed by atoms with E-state index in [1.165, 1.54) is 12.1 Å². The average Bonchev–Trinajstić information content (AvgIpc) is 2.82. The minimum atomic E-state index is -0.216. The topological polar surface area (TPSA) is 17.1 Å². The lowest BCUT2D eigenvalue weighted by Crippen LogP contribution is -1.94. The molecule has 2 atom stereocenters. The normalized spacial score (nSPS) is 25.7. The highest BCUT2D eigenvalue weighted by molar-refractivity contribution is 5.82. The van der Waals surface area contributed by atoms with Crippen molar-refractivity contribution >= 4 is 5.78 Å². The van der Waals surface area contributed by atoms with Crippen LogP contribution >= 0.6 is 0 Å². The number of halogens is 1. The number of carbonyl (C=O) groups excluding carboxylic acids is 1. The minimum Gasteiger partial charge on any atom is -0.300 e. The Labute approximate surface area is 76.6 Å². The van der Waals surface area contributed by atoms with E-state index < -0.39 is 0 Å². The second-order valence-electron chi connectivity index (χ2n) is 3.61. The van der Waals surface area contributed by atoms with Crippen molar-refractivity contribution < 1.29 is 9.18 Å². The molecule has 0 spiro atoms. The van der Waals surface area contributed by atoms with Crippen LogP contribution in [0.4, 0.5) is 4.39 Å². The molecule has 0 saturated heterocycles. The summed E-state index contributed by atoms with van der Waals surface area (Å²) in [7, 11) is 0. The SMILES string of the molecule is CC(=O)[C@@H]1C[C@H]1c1cccc(F)c1. The first-order valence-electron chi connectivity index (χ1n) is 4.44. The van der Waals surface area contributed by atoms with Gasteiger partial charge >= 0.3 is 0 Å². The second-order valence-corrected chi connectivity index (χ2v) is 3.61. The molecule has 1 aromatic carbocycles. The molecule has 2 heteroatoms. The van der Waals surface area contributed by atoms with Crippen LogP contribution in [-0.2, 0) is 4.79 Å². The van der Waals surface area contributed by atoms with E-state index in [4.69, 9.17) is 0 Å². The number of hydrogen-bond donors (Lipinski definition) is 0. The first-order valence-corrected chi connectivity index (χ1v) is 4.44. The van der Waals surface area contributed by atoms with Crippen LogP contribution in [0.5, 0.6) is 0 Å². The molecule has 1 fully saturated rings. The van der Waals surface area contributed by atoms with Crippen molar-refractivity contribution in [2.75, 3.05) is 0 Å². The van der Waals surface area contributed by atoms with E-state index in [-0.39, 0.29) is 23.4 Å². The van der Waals surface area contributed by atoms with Gasteiger partial charge in [0.1, 0.15) is 11.6 Å². The maximum Gasteiger partial charge on any atom is 0.133 e. The van der Waals surface area contributed by atoms with E-state index in [2.05, 4.69) is 0 Å². The summed E-state index contributed by atoms with van der Waals surface area (Å²) in [5.41, 5.74) is 0.959. The van der Waals surface area contributed by atoms with E-state index in [1.54, 1.807) is 13.0 Å². The van der Waals surface area contributed by atoms with Gasteiger partial charge in [0, 0.05) is 5.92 Å². The van der Waals surface area contributed by atoms with Crippen LogP contribution in [0.2, 0.25) is 0 Å². The Balaban J connectivity index is 2.16. The van der Waals surface area contributed by atoms with Crippen LogP contribution in [0.15, 0.2) is 24.3 Å². The maximum absolute atomic E-state index is 12.8. The third-order valence-corrected chi connectivity index (χ3v) is 2.59. The van der Waals surface area contributed by atoms with Crippen LogP contribution in [-0.4, -0.2) is 5.78 Å². The summed E-state index contributed by atoms with van der Waals surface area (Å²) in [5, 5.41) is 0. The summed E-state index contributed by atoms with van der Waals surface area (Å²) < 4.78 is 12.8. The molecule has 68 valence electrons. The van der Waals surface area contributed by atoms with Gasteiger partial charge in [-0.15, -0.1) is 0 Å². The number of rotatable bonds is 2. The predicted octanol–water partition coefficient (Wildman–Crippen LogP) is 2.52. The number of carbonyl (C=O) groups is 1. The zero-order chi connectivity index (χ0) is 9.42. The van der Waals surface area contributed by atoms with E-state index >= 15 is 0 Å². The monoisotopic (exact) mass is 178 g/mol. The molecule has 1 aliphatic carbocycles. The van der Waals surface area contributed by atoms with Crippen LogP contribution in [0.25, 0.3) is 0 Å². The Kier molecular flexibility index (Phi) is 1.91. The Morgan fingerprint density at radius 1 is 1.54 bits per heavy atom. The van der Waals surface area contributed by atoms with Gasteiger partial charge < -0.3 is 0 Å². The summed E-state index contributed by atoms with van der Waals surface area (Å²) >= 11 is 0. The van der Waals surface area contributed by atoms with Gasteiger partial charge in [0.15, 0.2) is 0 Å². The summed E-state index contributed by atoms with van der Waals surface area (Å²) in [4.78, 5) is 11.0. The Bertz CT molecular complexity index is 346. The third kappa shape index (κ3) is 1.62. The molecule has 0 N–H and O–H groups in total. The smallest absolute Gasteiger partial charge is 0.133 e. The Morgan fingerprint density at radius 3 is 2.85 bits per heavy atom. The van der Waals surface area contributed by atoms with Crippen LogP contribution in [0, 0.1) is 11.7 Å². The average molecular weight is 178 g/mol. The van der Waals surface area contributed by atoms with Crippen LogP contribution in [0.1, 0.15) is 24.8 Å². The molecule has 1 aromatic rings. The van der Waals surface area contributed by atoms with Crippen molar-refractivity contribution in [3.8, 4) is 0 Å². The summed E-state index contributed by atoms with van der Waals surface area (Å²) in [5.74, 6) is 0.413. The largest absolute Gasteiger partial charge is 0.300 e. The highest BCUT2D eigenvalue weighted by Gasteiger charge is 2.41. The quantitative estimate of drug-likeness (QED) is 0.680. The summed E-state index contributed by atoms with van der Waals surface area (Å²) in [6, 6.07) is 6.53. The van der Waals surface area contributed by atoms with E-state index in [0.717, 1.165) is 12.0 Å². The van der Waals surface area contributed by atoms with Crippen molar-refractivity contribution in [2.24, 2.45) is 5.92 Å². The lowest BCUT2D eigenvalue weighted by Gasteiger charge is -1.97. The molecule has 1 nitrogen and oxygen atoms in total. The fourth-order valence-electron chi connectivity index (χ4n) is 1.75. The van der Waals surface area contributed by atoms with Gasteiger partial charge in [0.05, 0.1) is 0 Å². The standard InChI is InChI=1S/C11H11FO/c1-7(13)10-6-11(10)8-3-2-4-9(12)5-8/h2-5,10-11H,6H2,1H3/t10-,11-/m0/s1. The van der Waals surface area contributed by atoms with Gasteiger partial charge in [-0.05, 0) is 37.0 Å². The van der Waals surface area contributed by atoms with E-state index in [1.807, 2.05) is 6.07 Å². The molecule has 0 aromatic heterocycles. The molecule has 0 heterocycles. The van der Waals surface area contributed by atoms with E-state index in [0.29, 0.717) is 0 Å². The van der Waals surface area contributed by atoms with Gasteiger partial charge in [-0.1, -0.05) is 12.1 Å². The van der Waals surface area contributed by atoms with Gasteiger partial charge in [-0.2, -0.15) is 0 Å². The molecule has 0 radical (unpaired) electrons. The summed E-state index contributed by atoms with van der Waals surface area (Å²) in [6.45, 7) is 1.60. The molecule has 1 saturated carbocycles. The van der Waals surface area contributed by atoms with Crippen LogP contribution in [0.3, 0.4) is 0 Å². The third-order valence-electron chi connectivity index (χ3n) is 2.59. The predicted molar refractivity (Wildman–Crippen MR) is 47.9 cm³/mol. The van der Waals surface area contributed by atoms with E-state index in [9.17, 15) is 9.18 Å². The molecule has 0 bridgehead atoms. The molecular formula is C11H11FO. The lowest BCUT2D eigenvalue weighted by atomic mass is 10.1. The van der Waals surface area contributed by atoms with Gasteiger partial charge in [0.25, 0.3) is 0 Å². The van der Waals surface area contributed by atoms with Crippen molar-refractivity contribution in [3.63, 3.8) is 0 Å². The Morgan fingerprint density at radius 2 is 2.31 bits per heavy atom. The van der Waals surface area contributed by atoms with Crippen molar-refractivity contribution in [1.82, 2.24) is 0 Å². The fourth-order valence-corrected chi connectivity index (χ4v) is 1.75. The highest BCUT2D eigenvalue weighted by atomic mass is 19.1. The number of benzene rings is 1. The first kappa shape index (κ1) is 8.42. The molecule has 2 rings (SSSR count). The maximum atomic E-state index is 12.8. The molecule has 0 aliphatic heterocycles. The number of Topliss-reactive ketones (excluding diaryl/α,β-unsaturated/α-hetero) is 1. The second kappa shape index (κ2) is 2.95. The minimum absolute atomic E-state index is 0.141. The van der Waals surface area contributed by atoms with Crippen LogP contribution < -0.4 is 0 Å². The van der Waals surface area contributed by atoms with Gasteiger partial charge in [-0.25, -0.2) is 4.39 Å². The molecule has 0 unspecified atom stereocenters. The summed E-state index contributed by atoms with van der Waals surface area (Å²) in [6.07, 6.45) is 0.888. The molecule has 13 heavy (non-hydrogen) atoms. The van der Waals surface area contributed by atoms with Gasteiger partial charge in [-0.3, -0.25) is 4.79 Å². The molecule has 0 amide bonds. The van der Waals surface area contributed by atoms with Crippen molar-refractivity contribution in [3.05, 3.63) is 35.6 Å². The fraction of sp³-hybridized carbons (Fsp3) is 0.364. The Hall–Kier alpha value is -1.18. The number of hydrogen-bond acceptors (Lipinski definition) is 1. The molecular weight excluding hydrogens is 167 g/mol. The highest BCUT2D eigenvalue weighted by Crippen LogP contribution is 2.47. The van der Waals surface area contributed by atoms with Crippen molar-refractivity contribution in [2.45, 2.75) is 19.3 Å². The molecule has 1 aliphatic rings. The van der Waals surface area contributed by atoms with Crippen molar-refractivity contribution in [1.29, 1.82) is 0 Å². The number of ketones is 1.